The normalized spacial score (nSPS) is 14.2. The number of nitrogens with one attached hydrogen (secondary N) is 2. The lowest BCUT2D eigenvalue weighted by atomic mass is 9.95. The lowest BCUT2D eigenvalue weighted by Crippen LogP contribution is -2.28. The van der Waals surface area contributed by atoms with Gasteiger partial charge in [0.1, 0.15) is 0 Å². The first kappa shape index (κ1) is 21.8. The summed E-state index contributed by atoms with van der Waals surface area (Å²) in [5, 5.41) is 6.38. The molecule has 0 aromatic heterocycles. The van der Waals surface area contributed by atoms with Crippen molar-refractivity contribution in [2.24, 2.45) is 5.92 Å². The molecule has 0 bridgehead atoms. The summed E-state index contributed by atoms with van der Waals surface area (Å²) in [4.78, 5) is 37.0. The van der Waals surface area contributed by atoms with E-state index in [0.29, 0.717) is 21.8 Å². The van der Waals surface area contributed by atoms with Gasteiger partial charge in [0, 0.05) is 23.2 Å². The van der Waals surface area contributed by atoms with Gasteiger partial charge in [-0.15, -0.1) is 0 Å². The Kier molecular flexibility index (Phi) is 6.46. The Morgan fingerprint density at radius 3 is 2.33 bits per heavy atom. The first-order valence-electron chi connectivity index (χ1n) is 9.82. The van der Waals surface area contributed by atoms with Crippen molar-refractivity contribution in [2.75, 3.05) is 12.4 Å². The number of ether oxygens (including phenoxy) is 1. The summed E-state index contributed by atoms with van der Waals surface area (Å²) < 4.78 is 4.82. The quantitative estimate of drug-likeness (QED) is 0.651. The van der Waals surface area contributed by atoms with Gasteiger partial charge in [0.05, 0.1) is 18.1 Å². The first-order valence-corrected chi connectivity index (χ1v) is 10.2. The van der Waals surface area contributed by atoms with Gasteiger partial charge in [-0.1, -0.05) is 37.6 Å². The molecule has 30 heavy (non-hydrogen) atoms. The molecule has 3 rings (SSSR count). The molecule has 0 atom stereocenters. The lowest BCUT2D eigenvalue weighted by molar-refractivity contribution is -0.124. The van der Waals surface area contributed by atoms with Crippen molar-refractivity contribution in [3.63, 3.8) is 0 Å². The van der Waals surface area contributed by atoms with E-state index < -0.39 is 11.4 Å². The summed E-state index contributed by atoms with van der Waals surface area (Å²) in [5.74, 6) is -0.892. The maximum atomic E-state index is 13.1. The second-order valence-corrected chi connectivity index (χ2v) is 8.26. The maximum absolute atomic E-state index is 13.1. The molecule has 6 nitrogen and oxygen atoms in total. The summed E-state index contributed by atoms with van der Waals surface area (Å²) in [5.41, 5.74) is 1.81. The van der Waals surface area contributed by atoms with E-state index in [4.69, 9.17) is 16.3 Å². The second kappa shape index (κ2) is 8.88. The second-order valence-electron chi connectivity index (χ2n) is 7.83. The van der Waals surface area contributed by atoms with Crippen molar-refractivity contribution in [1.29, 1.82) is 0 Å². The highest BCUT2D eigenvalue weighted by molar-refractivity contribution is 6.30. The Morgan fingerprint density at radius 1 is 1.10 bits per heavy atom. The molecule has 1 aliphatic carbocycles. The van der Waals surface area contributed by atoms with Crippen LogP contribution in [0.1, 0.15) is 48.2 Å². The molecular weight excluding hydrogens is 404 g/mol. The third-order valence-corrected chi connectivity index (χ3v) is 5.50. The fourth-order valence-corrected chi connectivity index (χ4v) is 3.41. The number of carbonyl (C=O) groups excluding carboxylic acids is 3. The van der Waals surface area contributed by atoms with Crippen molar-refractivity contribution in [3.8, 4) is 0 Å². The van der Waals surface area contributed by atoms with Crippen LogP contribution in [0.2, 0.25) is 5.02 Å². The molecule has 158 valence electrons. The summed E-state index contributed by atoms with van der Waals surface area (Å²) in [6, 6.07) is 12.3. The van der Waals surface area contributed by atoms with Crippen LogP contribution in [-0.4, -0.2) is 24.9 Å². The number of amides is 2. The minimum absolute atomic E-state index is 0.0938. The molecule has 0 aliphatic heterocycles. The van der Waals surface area contributed by atoms with Crippen LogP contribution in [0.3, 0.4) is 0 Å². The number of halogens is 1. The van der Waals surface area contributed by atoms with Crippen molar-refractivity contribution < 1.29 is 19.1 Å². The topological polar surface area (TPSA) is 84.5 Å². The molecular formula is C23H25ClN2O4. The van der Waals surface area contributed by atoms with Gasteiger partial charge in [0.25, 0.3) is 0 Å². The molecule has 0 spiro atoms. The SMILES string of the molecule is COC(=O)c1cc(CNC(=O)C(C)C)cc(NC(=O)C2(c3ccc(Cl)cc3)CC2)c1. The van der Waals surface area contributed by atoms with E-state index in [9.17, 15) is 14.4 Å². The Bertz CT molecular complexity index is 966. The molecule has 0 heterocycles. The maximum Gasteiger partial charge on any atom is 0.337 e. The lowest BCUT2D eigenvalue weighted by Gasteiger charge is -2.17. The Balaban J connectivity index is 1.82. The fraction of sp³-hybridized carbons (Fsp3) is 0.348. The Labute approximate surface area is 180 Å². The van der Waals surface area contributed by atoms with Crippen molar-refractivity contribution in [2.45, 2.75) is 38.6 Å². The van der Waals surface area contributed by atoms with E-state index in [1.54, 1.807) is 44.2 Å². The average Bonchev–Trinajstić information content (AvgIpc) is 3.53. The average molecular weight is 429 g/mol. The van der Waals surface area contributed by atoms with Gasteiger partial charge in [-0.05, 0) is 54.3 Å². The zero-order chi connectivity index (χ0) is 21.9. The minimum atomic E-state index is -0.585. The molecule has 1 saturated carbocycles. The van der Waals surface area contributed by atoms with Crippen LogP contribution in [0.4, 0.5) is 5.69 Å². The number of anilines is 1. The van der Waals surface area contributed by atoms with Crippen molar-refractivity contribution >= 4 is 35.1 Å². The van der Waals surface area contributed by atoms with E-state index in [2.05, 4.69) is 10.6 Å². The van der Waals surface area contributed by atoms with Gasteiger partial charge in [-0.2, -0.15) is 0 Å². The van der Waals surface area contributed by atoms with Gasteiger partial charge >= 0.3 is 5.97 Å². The molecule has 2 N–H and O–H groups in total. The van der Waals surface area contributed by atoms with E-state index in [1.807, 2.05) is 12.1 Å². The molecule has 0 unspecified atom stereocenters. The van der Waals surface area contributed by atoms with E-state index in [-0.39, 0.29) is 24.3 Å². The third kappa shape index (κ3) is 4.82. The molecule has 1 fully saturated rings. The molecule has 7 heteroatoms. The number of carbonyl (C=O) groups is 3. The largest absolute Gasteiger partial charge is 0.465 e. The van der Waals surface area contributed by atoms with Crippen LogP contribution in [0.5, 0.6) is 0 Å². The zero-order valence-corrected chi connectivity index (χ0v) is 18.0. The van der Waals surface area contributed by atoms with Crippen LogP contribution in [0.15, 0.2) is 42.5 Å². The number of methoxy groups -OCH3 is 1. The standard InChI is InChI=1S/C23H25ClN2O4/c1-14(2)20(27)25-13-15-10-16(21(28)30-3)12-19(11-15)26-22(29)23(8-9-23)17-4-6-18(24)7-5-17/h4-7,10-12,14H,8-9,13H2,1-3H3,(H,25,27)(H,26,29). The Morgan fingerprint density at radius 2 is 1.77 bits per heavy atom. The first-order chi connectivity index (χ1) is 14.2. The highest BCUT2D eigenvalue weighted by atomic mass is 35.5. The number of esters is 1. The van der Waals surface area contributed by atoms with Crippen LogP contribution in [0.25, 0.3) is 0 Å². The number of hydrogen-bond acceptors (Lipinski definition) is 4. The molecule has 0 saturated heterocycles. The number of hydrogen-bond donors (Lipinski definition) is 2. The third-order valence-electron chi connectivity index (χ3n) is 5.24. The predicted octanol–water partition coefficient (Wildman–Crippen LogP) is 4.07. The highest BCUT2D eigenvalue weighted by Crippen LogP contribution is 2.49. The zero-order valence-electron chi connectivity index (χ0n) is 17.3. The van der Waals surface area contributed by atoms with Crippen LogP contribution in [0, 0.1) is 5.92 Å². The van der Waals surface area contributed by atoms with Gasteiger partial charge in [0.15, 0.2) is 0 Å². The summed E-state index contributed by atoms with van der Waals surface area (Å²) in [6.07, 6.45) is 1.49. The van der Waals surface area contributed by atoms with Gasteiger partial charge in [-0.3, -0.25) is 9.59 Å². The molecule has 1 aliphatic rings. The van der Waals surface area contributed by atoms with Crippen molar-refractivity contribution in [1.82, 2.24) is 5.32 Å². The molecule has 2 aromatic carbocycles. The van der Waals surface area contributed by atoms with Crippen LogP contribution in [-0.2, 0) is 26.3 Å². The highest BCUT2D eigenvalue weighted by Gasteiger charge is 2.51. The smallest absolute Gasteiger partial charge is 0.337 e. The van der Waals surface area contributed by atoms with Gasteiger partial charge in [0.2, 0.25) is 11.8 Å². The molecule has 2 aromatic rings. The monoisotopic (exact) mass is 428 g/mol. The van der Waals surface area contributed by atoms with E-state index >= 15 is 0 Å². The Hall–Kier alpha value is -2.86. The number of benzene rings is 2. The van der Waals surface area contributed by atoms with Gasteiger partial charge < -0.3 is 15.4 Å². The van der Waals surface area contributed by atoms with Crippen LogP contribution < -0.4 is 10.6 Å². The van der Waals surface area contributed by atoms with Crippen LogP contribution >= 0.6 is 11.6 Å². The van der Waals surface area contributed by atoms with E-state index in [0.717, 1.165) is 18.4 Å². The summed E-state index contributed by atoms with van der Waals surface area (Å²) >= 11 is 5.97. The molecule has 2 amide bonds. The van der Waals surface area contributed by atoms with Gasteiger partial charge in [-0.25, -0.2) is 4.79 Å². The van der Waals surface area contributed by atoms with E-state index in [1.165, 1.54) is 7.11 Å². The number of rotatable bonds is 7. The summed E-state index contributed by atoms with van der Waals surface area (Å²) in [6.45, 7) is 3.85. The van der Waals surface area contributed by atoms with Crippen molar-refractivity contribution in [3.05, 3.63) is 64.2 Å². The minimum Gasteiger partial charge on any atom is -0.465 e. The predicted molar refractivity (Wildman–Crippen MR) is 115 cm³/mol. The fourth-order valence-electron chi connectivity index (χ4n) is 3.29. The molecule has 0 radical (unpaired) electrons. The summed E-state index contributed by atoms with van der Waals surface area (Å²) in [7, 11) is 1.30.